The van der Waals surface area contributed by atoms with E-state index < -0.39 is 10.2 Å². The molecule has 20 heavy (non-hydrogen) atoms. The van der Waals surface area contributed by atoms with E-state index in [1.54, 1.807) is 6.20 Å². The Balaban J connectivity index is 1.81. The summed E-state index contributed by atoms with van der Waals surface area (Å²) >= 11 is 0. The van der Waals surface area contributed by atoms with E-state index in [0.29, 0.717) is 5.88 Å². The number of ether oxygens (including phenoxy) is 1. The van der Waals surface area contributed by atoms with Crippen molar-refractivity contribution in [2.24, 2.45) is 0 Å². The first-order valence-electron chi connectivity index (χ1n) is 6.75. The number of hydrogen-bond acceptors (Lipinski definition) is 4. The summed E-state index contributed by atoms with van der Waals surface area (Å²) in [6.07, 6.45) is 5.04. The van der Waals surface area contributed by atoms with E-state index in [9.17, 15) is 8.42 Å². The quantitative estimate of drug-likeness (QED) is 0.886. The Hall–Kier alpha value is -1.18. The fourth-order valence-corrected chi connectivity index (χ4v) is 3.07. The van der Waals surface area contributed by atoms with Gasteiger partial charge >= 0.3 is 0 Å². The number of hydrogen-bond donors (Lipinski definition) is 1. The Morgan fingerprint density at radius 1 is 1.25 bits per heavy atom. The summed E-state index contributed by atoms with van der Waals surface area (Å²) in [4.78, 5) is 4.13. The SMILES string of the molecule is CN(C)S(=O)(=O)NC1CCC(Oc2ccccn2)CC1. The van der Waals surface area contributed by atoms with Gasteiger partial charge in [0.2, 0.25) is 5.88 Å². The van der Waals surface area contributed by atoms with Crippen LogP contribution in [0.1, 0.15) is 25.7 Å². The van der Waals surface area contributed by atoms with Gasteiger partial charge in [-0.1, -0.05) is 6.07 Å². The lowest BCUT2D eigenvalue weighted by Gasteiger charge is -2.29. The highest BCUT2D eigenvalue weighted by atomic mass is 32.2. The summed E-state index contributed by atoms with van der Waals surface area (Å²) in [7, 11) is -0.292. The smallest absolute Gasteiger partial charge is 0.279 e. The average Bonchev–Trinajstić information content (AvgIpc) is 2.42. The first kappa shape index (κ1) is 15.2. The van der Waals surface area contributed by atoms with Crippen molar-refractivity contribution in [3.63, 3.8) is 0 Å². The molecular weight excluding hydrogens is 278 g/mol. The third-order valence-electron chi connectivity index (χ3n) is 3.40. The van der Waals surface area contributed by atoms with Crippen molar-refractivity contribution in [2.45, 2.75) is 37.8 Å². The van der Waals surface area contributed by atoms with Gasteiger partial charge in [-0.2, -0.15) is 17.4 Å². The van der Waals surface area contributed by atoms with E-state index in [-0.39, 0.29) is 12.1 Å². The molecule has 1 aromatic heterocycles. The average molecular weight is 299 g/mol. The fraction of sp³-hybridized carbons (Fsp3) is 0.615. The second-order valence-corrected chi connectivity index (χ2v) is 7.08. The van der Waals surface area contributed by atoms with Gasteiger partial charge in [-0.15, -0.1) is 0 Å². The van der Waals surface area contributed by atoms with E-state index in [1.807, 2.05) is 18.2 Å². The van der Waals surface area contributed by atoms with Crippen molar-refractivity contribution in [1.29, 1.82) is 0 Å². The second-order valence-electron chi connectivity index (χ2n) is 5.16. The van der Waals surface area contributed by atoms with Gasteiger partial charge in [-0.3, -0.25) is 0 Å². The zero-order valence-electron chi connectivity index (χ0n) is 11.8. The topological polar surface area (TPSA) is 71.5 Å². The number of aromatic nitrogens is 1. The standard InChI is InChI=1S/C13H21N3O3S/c1-16(2)20(17,18)15-11-6-8-12(9-7-11)19-13-5-3-4-10-14-13/h3-5,10-12,15H,6-9H2,1-2H3. The zero-order valence-corrected chi connectivity index (χ0v) is 12.6. The number of nitrogens with zero attached hydrogens (tertiary/aromatic N) is 2. The molecule has 1 saturated carbocycles. The van der Waals surface area contributed by atoms with Crippen molar-refractivity contribution in [1.82, 2.24) is 14.0 Å². The normalized spacial score (nSPS) is 23.8. The third kappa shape index (κ3) is 4.16. The second kappa shape index (κ2) is 6.51. The van der Waals surface area contributed by atoms with Crippen LogP contribution in [0.3, 0.4) is 0 Å². The highest BCUT2D eigenvalue weighted by Gasteiger charge is 2.26. The molecule has 1 aliphatic carbocycles. The Morgan fingerprint density at radius 2 is 1.95 bits per heavy atom. The van der Waals surface area contributed by atoms with Crippen LogP contribution in [0.15, 0.2) is 24.4 Å². The molecule has 7 heteroatoms. The molecule has 0 amide bonds. The molecule has 0 radical (unpaired) electrons. The molecule has 112 valence electrons. The lowest BCUT2D eigenvalue weighted by atomic mass is 9.94. The van der Waals surface area contributed by atoms with Gasteiger partial charge in [0.15, 0.2) is 0 Å². The molecule has 0 aliphatic heterocycles. The summed E-state index contributed by atoms with van der Waals surface area (Å²) < 4.78 is 33.2. The van der Waals surface area contributed by atoms with E-state index in [4.69, 9.17) is 4.74 Å². The zero-order chi connectivity index (χ0) is 14.6. The van der Waals surface area contributed by atoms with Crippen molar-refractivity contribution in [3.05, 3.63) is 24.4 Å². The van der Waals surface area contributed by atoms with Gasteiger partial charge in [-0.05, 0) is 31.7 Å². The van der Waals surface area contributed by atoms with Crippen molar-refractivity contribution in [3.8, 4) is 5.88 Å². The molecule has 0 atom stereocenters. The predicted octanol–water partition coefficient (Wildman–Crippen LogP) is 1.17. The maximum absolute atomic E-state index is 11.7. The van der Waals surface area contributed by atoms with Crippen LogP contribution in [0.4, 0.5) is 0 Å². The monoisotopic (exact) mass is 299 g/mol. The first-order valence-corrected chi connectivity index (χ1v) is 8.19. The van der Waals surface area contributed by atoms with Crippen LogP contribution in [0.25, 0.3) is 0 Å². The van der Waals surface area contributed by atoms with Crippen LogP contribution in [-0.2, 0) is 10.2 Å². The minimum Gasteiger partial charge on any atom is -0.474 e. The van der Waals surface area contributed by atoms with Crippen LogP contribution in [0.5, 0.6) is 5.88 Å². The molecule has 0 spiro atoms. The molecule has 6 nitrogen and oxygen atoms in total. The molecule has 0 unspecified atom stereocenters. The van der Waals surface area contributed by atoms with Gasteiger partial charge in [0.1, 0.15) is 6.10 Å². The molecular formula is C13H21N3O3S. The highest BCUT2D eigenvalue weighted by Crippen LogP contribution is 2.23. The third-order valence-corrected chi connectivity index (χ3v) is 4.99. The molecule has 1 heterocycles. The molecule has 1 aliphatic rings. The summed E-state index contributed by atoms with van der Waals surface area (Å²) in [5, 5.41) is 0. The summed E-state index contributed by atoms with van der Waals surface area (Å²) in [6, 6.07) is 5.56. The summed E-state index contributed by atoms with van der Waals surface area (Å²) in [5.41, 5.74) is 0. The highest BCUT2D eigenvalue weighted by molar-refractivity contribution is 7.87. The summed E-state index contributed by atoms with van der Waals surface area (Å²) in [5.74, 6) is 0.629. The van der Waals surface area contributed by atoms with Gasteiger partial charge in [0.25, 0.3) is 10.2 Å². The molecule has 2 rings (SSSR count). The van der Waals surface area contributed by atoms with E-state index in [1.165, 1.54) is 18.4 Å². The Bertz CT molecular complexity index is 511. The van der Waals surface area contributed by atoms with Crippen molar-refractivity contribution < 1.29 is 13.2 Å². The van der Waals surface area contributed by atoms with E-state index in [2.05, 4.69) is 9.71 Å². The first-order chi connectivity index (χ1) is 9.47. The molecule has 0 saturated heterocycles. The van der Waals surface area contributed by atoms with Crippen LogP contribution in [-0.4, -0.2) is 43.9 Å². The minimum atomic E-state index is -3.34. The Kier molecular flexibility index (Phi) is 4.95. The van der Waals surface area contributed by atoms with Crippen LogP contribution < -0.4 is 9.46 Å². The summed E-state index contributed by atoms with van der Waals surface area (Å²) in [6.45, 7) is 0. The van der Waals surface area contributed by atoms with Gasteiger partial charge in [0, 0.05) is 32.4 Å². The number of pyridine rings is 1. The lowest BCUT2D eigenvalue weighted by Crippen LogP contribution is -2.44. The van der Waals surface area contributed by atoms with Gasteiger partial charge < -0.3 is 4.74 Å². The molecule has 0 bridgehead atoms. The maximum atomic E-state index is 11.7. The molecule has 1 fully saturated rings. The predicted molar refractivity (Wildman–Crippen MR) is 76.7 cm³/mol. The number of nitrogens with one attached hydrogen (secondary N) is 1. The van der Waals surface area contributed by atoms with Gasteiger partial charge in [0.05, 0.1) is 0 Å². The number of rotatable bonds is 5. The Morgan fingerprint density at radius 3 is 2.50 bits per heavy atom. The van der Waals surface area contributed by atoms with Crippen LogP contribution in [0.2, 0.25) is 0 Å². The molecule has 0 aromatic carbocycles. The van der Waals surface area contributed by atoms with Crippen molar-refractivity contribution in [2.75, 3.05) is 14.1 Å². The minimum absolute atomic E-state index is 0.00835. The van der Waals surface area contributed by atoms with E-state index >= 15 is 0 Å². The van der Waals surface area contributed by atoms with Crippen LogP contribution >= 0.6 is 0 Å². The Labute approximate surface area is 120 Å². The van der Waals surface area contributed by atoms with Crippen LogP contribution in [0, 0.1) is 0 Å². The van der Waals surface area contributed by atoms with Gasteiger partial charge in [-0.25, -0.2) is 4.98 Å². The molecule has 1 N–H and O–H groups in total. The lowest BCUT2D eigenvalue weighted by molar-refractivity contribution is 0.138. The fourth-order valence-electron chi connectivity index (χ4n) is 2.20. The van der Waals surface area contributed by atoms with E-state index in [0.717, 1.165) is 25.7 Å². The largest absolute Gasteiger partial charge is 0.474 e. The maximum Gasteiger partial charge on any atom is 0.279 e. The van der Waals surface area contributed by atoms with Crippen molar-refractivity contribution >= 4 is 10.2 Å². The molecule has 1 aromatic rings.